The maximum atomic E-state index is 12.6. The molecule has 8 nitrogen and oxygen atoms in total. The Morgan fingerprint density at radius 1 is 1.26 bits per heavy atom. The van der Waals surface area contributed by atoms with Crippen LogP contribution in [0, 0.1) is 0 Å². The summed E-state index contributed by atoms with van der Waals surface area (Å²) in [6.07, 6.45) is 0. The summed E-state index contributed by atoms with van der Waals surface area (Å²) >= 11 is 5.99. The Morgan fingerprint density at radius 3 is 2.58 bits per heavy atom. The number of carbonyl (C=O) groups is 1. The first-order valence-corrected chi connectivity index (χ1v) is 9.97. The summed E-state index contributed by atoms with van der Waals surface area (Å²) in [5.41, 5.74) is 0.510. The van der Waals surface area contributed by atoms with E-state index >= 15 is 0 Å². The lowest BCUT2D eigenvalue weighted by atomic mass is 10.2. The fourth-order valence-corrected chi connectivity index (χ4v) is 3.27. The highest BCUT2D eigenvalue weighted by Crippen LogP contribution is 2.24. The zero-order valence-electron chi connectivity index (χ0n) is 17.6. The molecular formula is C19H29ClF2IN5O3. The molecule has 0 aliphatic carbocycles. The summed E-state index contributed by atoms with van der Waals surface area (Å²) in [4.78, 5) is 20.3. The molecule has 1 aliphatic heterocycles. The highest BCUT2D eigenvalue weighted by atomic mass is 127. The molecule has 12 heteroatoms. The molecule has 176 valence electrons. The maximum Gasteiger partial charge on any atom is 0.387 e. The number of hydrogen-bond donors (Lipinski definition) is 2. The second kappa shape index (κ2) is 14.6. The van der Waals surface area contributed by atoms with Crippen LogP contribution in [0.1, 0.15) is 5.56 Å². The van der Waals surface area contributed by atoms with E-state index in [9.17, 15) is 13.6 Å². The minimum Gasteiger partial charge on any atom is -0.434 e. The third-order valence-electron chi connectivity index (χ3n) is 4.55. The number of halogens is 4. The fourth-order valence-electron chi connectivity index (χ4n) is 3.07. The Kier molecular flexibility index (Phi) is 13.0. The monoisotopic (exact) mass is 575 g/mol. The number of nitrogens with one attached hydrogen (secondary N) is 2. The average molecular weight is 576 g/mol. The standard InChI is InChI=1S/C19H28ClF2N5O3.HI/c1-23-19(25-12-14-11-15(20)3-4-16(14)30-18(21)22)27-8-6-26(7-9-27)13-17(28)24-5-10-29-2;/h3-4,11,18H,5-10,12-13H2,1-2H3,(H,23,25)(H,24,28);1H. The van der Waals surface area contributed by atoms with Crippen molar-refractivity contribution in [1.29, 1.82) is 0 Å². The molecule has 1 aliphatic rings. The molecule has 31 heavy (non-hydrogen) atoms. The highest BCUT2D eigenvalue weighted by molar-refractivity contribution is 14.0. The van der Waals surface area contributed by atoms with Crippen LogP contribution in [0.3, 0.4) is 0 Å². The molecule has 0 spiro atoms. The second-order valence-corrected chi connectivity index (χ2v) is 7.07. The first kappa shape index (κ1) is 27.6. The van der Waals surface area contributed by atoms with Crippen molar-refractivity contribution in [3.8, 4) is 5.75 Å². The second-order valence-electron chi connectivity index (χ2n) is 6.64. The number of ether oxygens (including phenoxy) is 2. The minimum atomic E-state index is -2.91. The molecule has 0 bridgehead atoms. The van der Waals surface area contributed by atoms with Crippen molar-refractivity contribution in [2.75, 3.05) is 60.0 Å². The average Bonchev–Trinajstić information content (AvgIpc) is 2.71. The molecule has 2 N–H and O–H groups in total. The number of alkyl halides is 2. The molecule has 0 aromatic heterocycles. The van der Waals surface area contributed by atoms with Gasteiger partial charge in [0.05, 0.1) is 13.2 Å². The van der Waals surface area contributed by atoms with Gasteiger partial charge in [0.1, 0.15) is 5.75 Å². The van der Waals surface area contributed by atoms with E-state index in [4.69, 9.17) is 16.3 Å². The van der Waals surface area contributed by atoms with Crippen LogP contribution in [-0.2, 0) is 16.1 Å². The van der Waals surface area contributed by atoms with Crippen LogP contribution in [0.5, 0.6) is 5.75 Å². The van der Waals surface area contributed by atoms with E-state index in [1.54, 1.807) is 20.2 Å². The van der Waals surface area contributed by atoms with Crippen LogP contribution in [0.15, 0.2) is 23.2 Å². The predicted molar refractivity (Wildman–Crippen MR) is 127 cm³/mol. The molecule has 0 unspecified atom stereocenters. The summed E-state index contributed by atoms with van der Waals surface area (Å²) in [7, 11) is 3.25. The van der Waals surface area contributed by atoms with Crippen LogP contribution in [0.25, 0.3) is 0 Å². The van der Waals surface area contributed by atoms with Crippen molar-refractivity contribution in [1.82, 2.24) is 20.4 Å². The normalized spacial score (nSPS) is 14.9. The summed E-state index contributed by atoms with van der Waals surface area (Å²) in [6, 6.07) is 4.51. The van der Waals surface area contributed by atoms with Gasteiger partial charge in [-0.05, 0) is 18.2 Å². The number of hydrogen-bond acceptors (Lipinski definition) is 5. The van der Waals surface area contributed by atoms with E-state index in [1.807, 2.05) is 0 Å². The lowest BCUT2D eigenvalue weighted by Gasteiger charge is -2.36. The maximum absolute atomic E-state index is 12.6. The molecule has 0 radical (unpaired) electrons. The number of rotatable bonds is 9. The number of amides is 1. The Hall–Kier alpha value is -1.44. The molecule has 1 amide bonds. The molecular weight excluding hydrogens is 547 g/mol. The van der Waals surface area contributed by atoms with Crippen LogP contribution in [0.4, 0.5) is 8.78 Å². The number of benzene rings is 1. The van der Waals surface area contributed by atoms with E-state index in [2.05, 4.69) is 30.2 Å². The fraction of sp³-hybridized carbons (Fsp3) is 0.579. The van der Waals surface area contributed by atoms with Crippen molar-refractivity contribution in [2.24, 2.45) is 4.99 Å². The summed E-state index contributed by atoms with van der Waals surface area (Å²) in [5.74, 6) is 0.680. The molecule has 1 aromatic rings. The zero-order valence-corrected chi connectivity index (χ0v) is 20.7. The largest absolute Gasteiger partial charge is 0.434 e. The van der Waals surface area contributed by atoms with Crippen LogP contribution >= 0.6 is 35.6 Å². The van der Waals surface area contributed by atoms with Gasteiger partial charge in [0.2, 0.25) is 5.91 Å². The summed E-state index contributed by atoms with van der Waals surface area (Å²) in [6.45, 7) is 1.40. The minimum absolute atomic E-state index is 0. The van der Waals surface area contributed by atoms with E-state index in [-0.39, 0.29) is 42.2 Å². The Bertz CT molecular complexity index is 722. The van der Waals surface area contributed by atoms with E-state index in [0.717, 1.165) is 0 Å². The smallest absolute Gasteiger partial charge is 0.387 e. The molecule has 0 atom stereocenters. The first-order chi connectivity index (χ1) is 14.4. The van der Waals surface area contributed by atoms with E-state index in [0.29, 0.717) is 62.4 Å². The topological polar surface area (TPSA) is 78.4 Å². The van der Waals surface area contributed by atoms with Crippen molar-refractivity contribution in [3.63, 3.8) is 0 Å². The van der Waals surface area contributed by atoms with Gasteiger partial charge in [-0.1, -0.05) is 11.6 Å². The molecule has 1 saturated heterocycles. The van der Waals surface area contributed by atoms with Gasteiger partial charge >= 0.3 is 6.61 Å². The third-order valence-corrected chi connectivity index (χ3v) is 4.79. The Morgan fingerprint density at radius 2 is 1.97 bits per heavy atom. The lowest BCUT2D eigenvalue weighted by Crippen LogP contribution is -2.54. The van der Waals surface area contributed by atoms with E-state index in [1.165, 1.54) is 12.1 Å². The molecule has 0 saturated carbocycles. The number of nitrogens with zero attached hydrogens (tertiary/aromatic N) is 3. The molecule has 1 fully saturated rings. The number of aliphatic imine (C=N–C) groups is 1. The van der Waals surface area contributed by atoms with Gasteiger partial charge in [0.15, 0.2) is 5.96 Å². The van der Waals surface area contributed by atoms with Crippen molar-refractivity contribution in [2.45, 2.75) is 13.2 Å². The van der Waals surface area contributed by atoms with Crippen molar-refractivity contribution in [3.05, 3.63) is 28.8 Å². The lowest BCUT2D eigenvalue weighted by molar-refractivity contribution is -0.122. The van der Waals surface area contributed by atoms with Gasteiger partial charge in [0.25, 0.3) is 0 Å². The quantitative estimate of drug-likeness (QED) is 0.203. The van der Waals surface area contributed by atoms with Crippen molar-refractivity contribution >= 4 is 47.4 Å². The Labute approximate surface area is 203 Å². The molecule has 1 heterocycles. The van der Waals surface area contributed by atoms with Gasteiger partial charge in [-0.3, -0.25) is 14.7 Å². The predicted octanol–water partition coefficient (Wildman–Crippen LogP) is 2.02. The number of methoxy groups -OCH3 is 1. The highest BCUT2D eigenvalue weighted by Gasteiger charge is 2.21. The van der Waals surface area contributed by atoms with Crippen LogP contribution < -0.4 is 15.4 Å². The van der Waals surface area contributed by atoms with Gasteiger partial charge in [0, 0.05) is 64.0 Å². The van der Waals surface area contributed by atoms with Gasteiger partial charge in [-0.15, -0.1) is 24.0 Å². The van der Waals surface area contributed by atoms with Crippen molar-refractivity contribution < 1.29 is 23.0 Å². The molecule has 2 rings (SSSR count). The van der Waals surface area contributed by atoms with Gasteiger partial charge in [-0.2, -0.15) is 8.78 Å². The summed E-state index contributed by atoms with van der Waals surface area (Å²) < 4.78 is 34.7. The van der Waals surface area contributed by atoms with E-state index < -0.39 is 6.61 Å². The first-order valence-electron chi connectivity index (χ1n) is 9.59. The number of piperazine rings is 1. The zero-order chi connectivity index (χ0) is 21.9. The van der Waals surface area contributed by atoms with Crippen LogP contribution in [0.2, 0.25) is 5.02 Å². The Balaban J connectivity index is 0.00000480. The van der Waals surface area contributed by atoms with Gasteiger partial charge < -0.3 is 25.0 Å². The SMILES string of the molecule is CN=C(NCc1cc(Cl)ccc1OC(F)F)N1CCN(CC(=O)NCCOC)CC1.I. The number of carbonyl (C=O) groups excluding carboxylic acids is 1. The number of guanidine groups is 1. The van der Waals surface area contributed by atoms with Gasteiger partial charge in [-0.25, -0.2) is 0 Å². The van der Waals surface area contributed by atoms with Crippen LogP contribution in [-0.4, -0.2) is 88.3 Å². The molecule has 1 aromatic carbocycles. The third kappa shape index (κ3) is 9.71. The summed E-state index contributed by atoms with van der Waals surface area (Å²) in [5, 5.41) is 6.40.